The van der Waals surface area contributed by atoms with Crippen LogP contribution in [0.1, 0.15) is 52.9 Å². The van der Waals surface area contributed by atoms with Gasteiger partial charge < -0.3 is 10.2 Å². The average molecular weight is 268 g/mol. The SMILES string of the molecule is CC(=CC(=O)O)CCC=C(C)CCCC(C)C(=O)O. The van der Waals surface area contributed by atoms with Gasteiger partial charge in [-0.1, -0.05) is 24.1 Å². The molecule has 0 rings (SSSR count). The van der Waals surface area contributed by atoms with Gasteiger partial charge >= 0.3 is 11.9 Å². The summed E-state index contributed by atoms with van der Waals surface area (Å²) in [6, 6.07) is 0. The predicted octanol–water partition coefficient (Wildman–Crippen LogP) is 3.63. The maximum atomic E-state index is 10.6. The fourth-order valence-corrected chi connectivity index (χ4v) is 1.74. The molecule has 2 N–H and O–H groups in total. The number of aliphatic carboxylic acids is 2. The van der Waals surface area contributed by atoms with E-state index in [4.69, 9.17) is 10.2 Å². The van der Waals surface area contributed by atoms with Crippen molar-refractivity contribution in [2.45, 2.75) is 52.9 Å². The molecule has 4 heteroatoms. The molecule has 0 saturated carbocycles. The minimum Gasteiger partial charge on any atom is -0.481 e. The van der Waals surface area contributed by atoms with Crippen LogP contribution in [0.15, 0.2) is 23.3 Å². The zero-order valence-corrected chi connectivity index (χ0v) is 12.0. The molecule has 0 spiro atoms. The first-order chi connectivity index (χ1) is 8.82. The maximum Gasteiger partial charge on any atom is 0.328 e. The van der Waals surface area contributed by atoms with Crippen LogP contribution in [0.25, 0.3) is 0 Å². The van der Waals surface area contributed by atoms with Gasteiger partial charge in [0.25, 0.3) is 0 Å². The van der Waals surface area contributed by atoms with Crippen LogP contribution >= 0.6 is 0 Å². The molecule has 19 heavy (non-hydrogen) atoms. The minimum atomic E-state index is -0.902. The topological polar surface area (TPSA) is 74.6 Å². The van der Waals surface area contributed by atoms with E-state index in [0.29, 0.717) is 6.42 Å². The van der Waals surface area contributed by atoms with Crippen LogP contribution < -0.4 is 0 Å². The summed E-state index contributed by atoms with van der Waals surface area (Å²) >= 11 is 0. The van der Waals surface area contributed by atoms with E-state index in [0.717, 1.165) is 31.3 Å². The monoisotopic (exact) mass is 268 g/mol. The lowest BCUT2D eigenvalue weighted by Crippen LogP contribution is -2.08. The molecular weight excluding hydrogens is 244 g/mol. The molecule has 0 aliphatic heterocycles. The van der Waals surface area contributed by atoms with Gasteiger partial charge in [0, 0.05) is 6.08 Å². The first-order valence-electron chi connectivity index (χ1n) is 6.61. The average Bonchev–Trinajstić information content (AvgIpc) is 2.27. The predicted molar refractivity (Wildman–Crippen MR) is 75.0 cm³/mol. The molecule has 0 aromatic carbocycles. The number of rotatable bonds is 9. The Hall–Kier alpha value is -1.58. The minimum absolute atomic E-state index is 0.284. The second-order valence-corrected chi connectivity index (χ2v) is 5.05. The van der Waals surface area contributed by atoms with Crippen molar-refractivity contribution in [2.75, 3.05) is 0 Å². The van der Waals surface area contributed by atoms with Crippen LogP contribution in [0.5, 0.6) is 0 Å². The second-order valence-electron chi connectivity index (χ2n) is 5.05. The first kappa shape index (κ1) is 17.4. The molecule has 0 bridgehead atoms. The Kier molecular flexibility index (Phi) is 8.58. The van der Waals surface area contributed by atoms with E-state index in [1.54, 1.807) is 6.92 Å². The van der Waals surface area contributed by atoms with Crippen molar-refractivity contribution in [3.05, 3.63) is 23.3 Å². The van der Waals surface area contributed by atoms with Crippen molar-refractivity contribution in [3.8, 4) is 0 Å². The number of carboxylic acid groups (broad SMARTS) is 2. The zero-order chi connectivity index (χ0) is 14.8. The van der Waals surface area contributed by atoms with Crippen LogP contribution in [-0.4, -0.2) is 22.2 Å². The van der Waals surface area contributed by atoms with Crippen molar-refractivity contribution < 1.29 is 19.8 Å². The molecule has 0 aromatic rings. The van der Waals surface area contributed by atoms with Gasteiger partial charge in [-0.05, 0) is 46.0 Å². The third kappa shape index (κ3) is 10.1. The largest absolute Gasteiger partial charge is 0.481 e. The van der Waals surface area contributed by atoms with Crippen molar-refractivity contribution in [1.29, 1.82) is 0 Å². The highest BCUT2D eigenvalue weighted by atomic mass is 16.4. The molecule has 0 saturated heterocycles. The van der Waals surface area contributed by atoms with E-state index in [-0.39, 0.29) is 5.92 Å². The quantitative estimate of drug-likeness (QED) is 0.494. The number of hydrogen-bond donors (Lipinski definition) is 2. The zero-order valence-electron chi connectivity index (χ0n) is 12.0. The lowest BCUT2D eigenvalue weighted by molar-refractivity contribution is -0.141. The molecule has 4 nitrogen and oxygen atoms in total. The number of carboxylic acids is 2. The number of hydrogen-bond acceptors (Lipinski definition) is 2. The molecule has 0 radical (unpaired) electrons. The lowest BCUT2D eigenvalue weighted by Gasteiger charge is -2.06. The Morgan fingerprint density at radius 2 is 1.74 bits per heavy atom. The van der Waals surface area contributed by atoms with E-state index < -0.39 is 11.9 Å². The standard InChI is InChI=1S/C15H24O4/c1-11(7-5-9-13(3)15(18)19)6-4-8-12(2)10-14(16)17/h6,10,13H,4-5,7-9H2,1-3H3,(H,16,17)(H,18,19). The van der Waals surface area contributed by atoms with Crippen LogP contribution in [0, 0.1) is 5.92 Å². The van der Waals surface area contributed by atoms with Crippen molar-refractivity contribution in [2.24, 2.45) is 5.92 Å². The normalized spacial score (nSPS) is 14.3. The van der Waals surface area contributed by atoms with Crippen molar-refractivity contribution in [1.82, 2.24) is 0 Å². The Morgan fingerprint density at radius 3 is 2.26 bits per heavy atom. The Morgan fingerprint density at radius 1 is 1.11 bits per heavy atom. The fourth-order valence-electron chi connectivity index (χ4n) is 1.74. The molecule has 0 amide bonds. The lowest BCUT2D eigenvalue weighted by atomic mass is 10.0. The summed E-state index contributed by atoms with van der Waals surface area (Å²) in [4.78, 5) is 21.1. The molecule has 108 valence electrons. The Balaban J connectivity index is 3.89. The fraction of sp³-hybridized carbons (Fsp3) is 0.600. The molecule has 0 aliphatic carbocycles. The summed E-state index contributed by atoms with van der Waals surface area (Å²) in [6.45, 7) is 5.56. The van der Waals surface area contributed by atoms with E-state index in [1.165, 1.54) is 11.6 Å². The van der Waals surface area contributed by atoms with Crippen LogP contribution in [0.4, 0.5) is 0 Å². The van der Waals surface area contributed by atoms with E-state index >= 15 is 0 Å². The van der Waals surface area contributed by atoms with Gasteiger partial charge in [-0.15, -0.1) is 0 Å². The summed E-state index contributed by atoms with van der Waals surface area (Å²) in [5, 5.41) is 17.3. The van der Waals surface area contributed by atoms with Gasteiger partial charge in [-0.2, -0.15) is 0 Å². The van der Waals surface area contributed by atoms with Crippen molar-refractivity contribution >= 4 is 11.9 Å². The van der Waals surface area contributed by atoms with Crippen LogP contribution in [0.3, 0.4) is 0 Å². The molecule has 1 atom stereocenters. The summed E-state index contributed by atoms with van der Waals surface area (Å²) in [6.07, 6.45) is 7.38. The summed E-state index contributed by atoms with van der Waals surface area (Å²) in [5.74, 6) is -1.93. The molecular formula is C15H24O4. The number of carbonyl (C=O) groups is 2. The van der Waals surface area contributed by atoms with E-state index in [1.807, 2.05) is 13.8 Å². The van der Waals surface area contributed by atoms with Gasteiger partial charge in [0.2, 0.25) is 0 Å². The highest BCUT2D eigenvalue weighted by molar-refractivity contribution is 5.80. The summed E-state index contributed by atoms with van der Waals surface area (Å²) < 4.78 is 0. The highest BCUT2D eigenvalue weighted by Crippen LogP contribution is 2.14. The first-order valence-corrected chi connectivity index (χ1v) is 6.61. The Labute approximate surface area is 114 Å². The highest BCUT2D eigenvalue weighted by Gasteiger charge is 2.09. The number of allylic oxidation sites excluding steroid dienone is 3. The van der Waals surface area contributed by atoms with Gasteiger partial charge in [-0.3, -0.25) is 4.79 Å². The van der Waals surface area contributed by atoms with E-state index in [2.05, 4.69) is 6.08 Å². The van der Waals surface area contributed by atoms with Gasteiger partial charge in [-0.25, -0.2) is 4.79 Å². The summed E-state index contributed by atoms with van der Waals surface area (Å²) in [7, 11) is 0. The van der Waals surface area contributed by atoms with Crippen LogP contribution in [-0.2, 0) is 9.59 Å². The second kappa shape index (κ2) is 9.36. The molecule has 0 fully saturated rings. The molecule has 0 aliphatic rings. The van der Waals surface area contributed by atoms with E-state index in [9.17, 15) is 9.59 Å². The maximum absolute atomic E-state index is 10.6. The van der Waals surface area contributed by atoms with Gasteiger partial charge in [0.05, 0.1) is 5.92 Å². The molecule has 1 unspecified atom stereocenters. The molecule has 0 aromatic heterocycles. The summed E-state index contributed by atoms with van der Waals surface area (Å²) in [5.41, 5.74) is 2.09. The van der Waals surface area contributed by atoms with Crippen LogP contribution in [0.2, 0.25) is 0 Å². The van der Waals surface area contributed by atoms with Crippen molar-refractivity contribution in [3.63, 3.8) is 0 Å². The van der Waals surface area contributed by atoms with Gasteiger partial charge in [0.1, 0.15) is 0 Å². The smallest absolute Gasteiger partial charge is 0.328 e. The third-order valence-electron chi connectivity index (χ3n) is 3.03. The molecule has 0 heterocycles. The van der Waals surface area contributed by atoms with Gasteiger partial charge in [0.15, 0.2) is 0 Å². The third-order valence-corrected chi connectivity index (χ3v) is 3.03. The Bertz CT molecular complexity index is 366.